The number of hydrogen-bond donors (Lipinski definition) is 1. The molecule has 22 heavy (non-hydrogen) atoms. The molecule has 1 aromatic rings. The molecule has 0 aliphatic heterocycles. The molecule has 1 N–H and O–H groups in total. The molecule has 2 atom stereocenters. The summed E-state index contributed by atoms with van der Waals surface area (Å²) in [4.78, 5) is 23.9. The number of Topliss-reactive ketones (excluding diaryl/α,β-unsaturated/α-hetero) is 1. The maximum atomic E-state index is 12.0. The number of halogens is 1. The van der Waals surface area contributed by atoms with Crippen molar-refractivity contribution >= 4 is 23.5 Å². The lowest BCUT2D eigenvalue weighted by molar-refractivity contribution is -0.120. The first-order valence-electron chi connectivity index (χ1n) is 7.35. The summed E-state index contributed by atoms with van der Waals surface area (Å²) in [6, 6.07) is 9.33. The predicted molar refractivity (Wildman–Crippen MR) is 88.2 cm³/mol. The zero-order chi connectivity index (χ0) is 16.8. The largest absolute Gasteiger partial charge is 0.444 e. The Hall–Kier alpha value is -1.55. The lowest BCUT2D eigenvalue weighted by atomic mass is 9.92. The van der Waals surface area contributed by atoms with E-state index in [0.717, 1.165) is 5.56 Å². The van der Waals surface area contributed by atoms with Gasteiger partial charge in [0, 0.05) is 12.0 Å². The van der Waals surface area contributed by atoms with Gasteiger partial charge in [0.05, 0.1) is 5.88 Å². The number of rotatable bonds is 6. The minimum absolute atomic E-state index is 0.0670. The van der Waals surface area contributed by atoms with Crippen molar-refractivity contribution in [2.45, 2.75) is 45.8 Å². The Morgan fingerprint density at radius 1 is 1.23 bits per heavy atom. The summed E-state index contributed by atoms with van der Waals surface area (Å²) in [5.74, 6) is -0.550. The fourth-order valence-electron chi connectivity index (χ4n) is 2.03. The molecule has 0 heterocycles. The van der Waals surface area contributed by atoms with Crippen molar-refractivity contribution in [3.8, 4) is 0 Å². The molecule has 2 unspecified atom stereocenters. The van der Waals surface area contributed by atoms with Crippen LogP contribution in [0.4, 0.5) is 4.79 Å². The van der Waals surface area contributed by atoms with Crippen LogP contribution in [0.2, 0.25) is 0 Å². The minimum atomic E-state index is -0.582. The highest BCUT2D eigenvalue weighted by Gasteiger charge is 2.27. The standard InChI is InChI=1S/C17H24ClNO3/c1-12(15(20)11-18)14(10-13-8-6-5-7-9-13)19-16(21)22-17(2,3)4/h5-9,12,14H,10-11H2,1-4H3,(H,19,21). The Morgan fingerprint density at radius 3 is 2.32 bits per heavy atom. The first-order valence-corrected chi connectivity index (χ1v) is 7.88. The van der Waals surface area contributed by atoms with Gasteiger partial charge in [-0.05, 0) is 32.8 Å². The Kier molecular flexibility index (Phi) is 6.88. The van der Waals surface area contributed by atoms with Gasteiger partial charge in [-0.25, -0.2) is 4.79 Å². The quantitative estimate of drug-likeness (QED) is 0.813. The van der Waals surface area contributed by atoms with Crippen LogP contribution in [0.25, 0.3) is 0 Å². The maximum absolute atomic E-state index is 12.0. The van der Waals surface area contributed by atoms with E-state index in [-0.39, 0.29) is 23.6 Å². The number of hydrogen-bond acceptors (Lipinski definition) is 3. The molecule has 0 radical (unpaired) electrons. The first kappa shape index (κ1) is 18.5. The second-order valence-corrected chi connectivity index (χ2v) is 6.60. The highest BCUT2D eigenvalue weighted by atomic mass is 35.5. The average Bonchev–Trinajstić information content (AvgIpc) is 2.44. The van der Waals surface area contributed by atoms with Crippen molar-refractivity contribution in [3.05, 3.63) is 35.9 Å². The molecule has 0 bridgehead atoms. The summed E-state index contributed by atoms with van der Waals surface area (Å²) in [5, 5.41) is 2.80. The van der Waals surface area contributed by atoms with Crippen LogP contribution in [0.3, 0.4) is 0 Å². The number of carbonyl (C=O) groups excluding carboxylic acids is 2. The smallest absolute Gasteiger partial charge is 0.407 e. The molecule has 122 valence electrons. The monoisotopic (exact) mass is 325 g/mol. The fourth-order valence-corrected chi connectivity index (χ4v) is 2.27. The summed E-state index contributed by atoms with van der Waals surface area (Å²) < 4.78 is 5.28. The van der Waals surface area contributed by atoms with Gasteiger partial charge in [-0.3, -0.25) is 4.79 Å². The molecule has 0 saturated heterocycles. The third-order valence-electron chi connectivity index (χ3n) is 3.24. The van der Waals surface area contributed by atoms with Crippen molar-refractivity contribution < 1.29 is 14.3 Å². The van der Waals surface area contributed by atoms with Crippen LogP contribution in [0.15, 0.2) is 30.3 Å². The summed E-state index contributed by atoms with van der Waals surface area (Å²) in [6.07, 6.45) is 0.0202. The number of alkyl halides is 1. The van der Waals surface area contributed by atoms with E-state index in [1.807, 2.05) is 30.3 Å². The van der Waals surface area contributed by atoms with Crippen LogP contribution >= 0.6 is 11.6 Å². The van der Waals surface area contributed by atoms with Gasteiger partial charge in [-0.2, -0.15) is 0 Å². The van der Waals surface area contributed by atoms with E-state index >= 15 is 0 Å². The van der Waals surface area contributed by atoms with Gasteiger partial charge in [0.1, 0.15) is 5.60 Å². The lowest BCUT2D eigenvalue weighted by Gasteiger charge is -2.26. The van der Waals surface area contributed by atoms with Crippen LogP contribution in [-0.2, 0) is 16.0 Å². The van der Waals surface area contributed by atoms with Crippen LogP contribution in [-0.4, -0.2) is 29.4 Å². The van der Waals surface area contributed by atoms with Crippen molar-refractivity contribution in [1.29, 1.82) is 0 Å². The number of amides is 1. The van der Waals surface area contributed by atoms with E-state index in [4.69, 9.17) is 16.3 Å². The van der Waals surface area contributed by atoms with Crippen LogP contribution in [0, 0.1) is 5.92 Å². The second-order valence-electron chi connectivity index (χ2n) is 6.33. The molecule has 0 saturated carbocycles. The zero-order valence-corrected chi connectivity index (χ0v) is 14.3. The fraction of sp³-hybridized carbons (Fsp3) is 0.529. The van der Waals surface area contributed by atoms with Crippen molar-refractivity contribution in [2.75, 3.05) is 5.88 Å². The molecule has 5 heteroatoms. The van der Waals surface area contributed by atoms with Crippen LogP contribution in [0.5, 0.6) is 0 Å². The van der Waals surface area contributed by atoms with Gasteiger partial charge in [-0.15, -0.1) is 11.6 Å². The third kappa shape index (κ3) is 6.48. The summed E-state index contributed by atoms with van der Waals surface area (Å²) in [5.41, 5.74) is 0.457. The Labute approximate surface area is 137 Å². The predicted octanol–water partition coefficient (Wildman–Crippen LogP) is 3.57. The molecule has 0 aliphatic carbocycles. The number of alkyl carbamates (subject to hydrolysis) is 1. The molecule has 0 spiro atoms. The summed E-state index contributed by atoms with van der Waals surface area (Å²) >= 11 is 5.64. The van der Waals surface area contributed by atoms with Gasteiger partial charge in [0.2, 0.25) is 0 Å². The highest BCUT2D eigenvalue weighted by molar-refractivity contribution is 6.27. The van der Waals surface area contributed by atoms with Crippen molar-refractivity contribution in [3.63, 3.8) is 0 Å². The van der Waals surface area contributed by atoms with Crippen LogP contribution in [0.1, 0.15) is 33.3 Å². The van der Waals surface area contributed by atoms with Crippen molar-refractivity contribution in [2.24, 2.45) is 5.92 Å². The molecule has 0 aliphatic rings. The van der Waals surface area contributed by atoms with E-state index < -0.39 is 11.7 Å². The average molecular weight is 326 g/mol. The lowest BCUT2D eigenvalue weighted by Crippen LogP contribution is -2.46. The van der Waals surface area contributed by atoms with Gasteiger partial charge >= 0.3 is 6.09 Å². The number of nitrogens with one attached hydrogen (secondary N) is 1. The van der Waals surface area contributed by atoms with Crippen molar-refractivity contribution in [1.82, 2.24) is 5.32 Å². The van der Waals surface area contributed by atoms with E-state index in [1.54, 1.807) is 27.7 Å². The van der Waals surface area contributed by atoms with E-state index in [1.165, 1.54) is 0 Å². The molecule has 0 fully saturated rings. The molecular formula is C17H24ClNO3. The highest BCUT2D eigenvalue weighted by Crippen LogP contribution is 2.14. The molecular weight excluding hydrogens is 302 g/mol. The SMILES string of the molecule is CC(C(=O)CCl)C(Cc1ccccc1)NC(=O)OC(C)(C)C. The minimum Gasteiger partial charge on any atom is -0.444 e. The maximum Gasteiger partial charge on any atom is 0.407 e. The molecule has 4 nitrogen and oxygen atoms in total. The number of benzene rings is 1. The van der Waals surface area contributed by atoms with Crippen LogP contribution < -0.4 is 5.32 Å². The topological polar surface area (TPSA) is 55.4 Å². The van der Waals surface area contributed by atoms with E-state index in [0.29, 0.717) is 6.42 Å². The Morgan fingerprint density at radius 2 is 1.82 bits per heavy atom. The normalized spacial score (nSPS) is 14.0. The first-order chi connectivity index (χ1) is 10.2. The molecule has 1 rings (SSSR count). The van der Waals surface area contributed by atoms with Gasteiger partial charge < -0.3 is 10.1 Å². The summed E-state index contributed by atoms with van der Waals surface area (Å²) in [6.45, 7) is 7.17. The molecule has 1 aromatic carbocycles. The van der Waals surface area contributed by atoms with E-state index in [2.05, 4.69) is 5.32 Å². The number of ketones is 1. The Bertz CT molecular complexity index is 496. The Balaban J connectivity index is 2.82. The number of carbonyl (C=O) groups is 2. The molecule has 0 aromatic heterocycles. The van der Waals surface area contributed by atoms with Gasteiger partial charge in [0.15, 0.2) is 5.78 Å². The molecule has 1 amide bonds. The van der Waals surface area contributed by atoms with Gasteiger partial charge in [-0.1, -0.05) is 37.3 Å². The van der Waals surface area contributed by atoms with E-state index in [9.17, 15) is 9.59 Å². The third-order valence-corrected chi connectivity index (χ3v) is 3.51. The summed E-state index contributed by atoms with van der Waals surface area (Å²) in [7, 11) is 0. The number of ether oxygens (including phenoxy) is 1. The second kappa shape index (κ2) is 8.18. The zero-order valence-electron chi connectivity index (χ0n) is 13.6. The van der Waals surface area contributed by atoms with Gasteiger partial charge in [0.25, 0.3) is 0 Å².